The molecule has 1 saturated heterocycles. The van der Waals surface area contributed by atoms with Gasteiger partial charge in [-0.15, -0.1) is 0 Å². The Hall–Kier alpha value is -3.88. The SMILES string of the molecule is Cn1nc2c(c1-c1cc(F)cc(F)c1)CC1CCCC2N1C(=O)c1ccc2nccc(OCCF)c2c1. The molecule has 2 atom stereocenters. The van der Waals surface area contributed by atoms with E-state index in [-0.39, 0.29) is 24.6 Å². The number of pyridine rings is 1. The normalized spacial score (nSPS) is 18.6. The van der Waals surface area contributed by atoms with E-state index < -0.39 is 18.3 Å². The first-order valence-corrected chi connectivity index (χ1v) is 12.4. The number of alkyl halides is 1. The fourth-order valence-corrected chi connectivity index (χ4v) is 5.88. The molecule has 2 aromatic heterocycles. The maximum atomic E-state index is 14.0. The summed E-state index contributed by atoms with van der Waals surface area (Å²) in [6.07, 6.45) is 4.69. The van der Waals surface area contributed by atoms with Crippen LogP contribution in [0.25, 0.3) is 22.2 Å². The standard InChI is InChI=1S/C28H25F3N4O2/c1-34-27(17-11-18(30)14-19(31)12-17)22-15-20-3-2-4-24(26(22)33-34)35(20)28(36)16-5-6-23-21(13-16)25(7-9-32-23)37-10-8-29/h5-7,9,11-14,20,24H,2-4,8,10,15H2,1H3. The van der Waals surface area contributed by atoms with Crippen molar-refractivity contribution < 1.29 is 22.7 Å². The second-order valence-electron chi connectivity index (χ2n) is 9.59. The predicted molar refractivity (Wildman–Crippen MR) is 132 cm³/mol. The van der Waals surface area contributed by atoms with Crippen LogP contribution in [0.3, 0.4) is 0 Å². The van der Waals surface area contributed by atoms with Gasteiger partial charge in [0.25, 0.3) is 5.91 Å². The summed E-state index contributed by atoms with van der Waals surface area (Å²) in [4.78, 5) is 20.2. The lowest BCUT2D eigenvalue weighted by Crippen LogP contribution is -2.49. The van der Waals surface area contributed by atoms with Gasteiger partial charge < -0.3 is 9.64 Å². The van der Waals surface area contributed by atoms with Crippen molar-refractivity contribution in [2.75, 3.05) is 13.3 Å². The number of halogens is 3. The third-order valence-corrected chi connectivity index (χ3v) is 7.33. The van der Waals surface area contributed by atoms with E-state index in [9.17, 15) is 18.0 Å². The third-order valence-electron chi connectivity index (χ3n) is 7.33. The molecule has 37 heavy (non-hydrogen) atoms. The van der Waals surface area contributed by atoms with Crippen LogP contribution in [0.4, 0.5) is 13.2 Å². The average Bonchev–Trinajstić information content (AvgIpc) is 3.21. The molecule has 1 amide bonds. The molecule has 2 aliphatic heterocycles. The number of benzene rings is 2. The first kappa shape index (κ1) is 23.5. The molecule has 2 bridgehead atoms. The highest BCUT2D eigenvalue weighted by molar-refractivity contribution is 5.99. The summed E-state index contributed by atoms with van der Waals surface area (Å²) in [7, 11) is 1.77. The smallest absolute Gasteiger partial charge is 0.254 e. The highest BCUT2D eigenvalue weighted by Crippen LogP contribution is 2.45. The van der Waals surface area contributed by atoms with E-state index in [1.165, 1.54) is 12.1 Å². The Morgan fingerprint density at radius 1 is 1.11 bits per heavy atom. The molecule has 0 spiro atoms. The number of carbonyl (C=O) groups excluding carboxylic acids is 1. The molecule has 2 unspecified atom stereocenters. The molecule has 4 heterocycles. The molecule has 0 N–H and O–H groups in total. The van der Waals surface area contributed by atoms with E-state index in [1.807, 2.05) is 4.90 Å². The Labute approximate surface area is 211 Å². The topological polar surface area (TPSA) is 60.2 Å². The number of ether oxygens (including phenoxy) is 1. The van der Waals surface area contributed by atoms with E-state index >= 15 is 0 Å². The molecule has 0 aliphatic carbocycles. The van der Waals surface area contributed by atoms with Crippen LogP contribution in [-0.4, -0.2) is 44.9 Å². The van der Waals surface area contributed by atoms with Crippen molar-refractivity contribution in [3.63, 3.8) is 0 Å². The van der Waals surface area contributed by atoms with E-state index in [2.05, 4.69) is 4.98 Å². The molecule has 1 fully saturated rings. The Bertz CT molecular complexity index is 1500. The third kappa shape index (κ3) is 4.02. The first-order chi connectivity index (χ1) is 17.9. The zero-order valence-corrected chi connectivity index (χ0v) is 20.3. The van der Waals surface area contributed by atoms with E-state index in [0.29, 0.717) is 39.9 Å². The summed E-state index contributed by atoms with van der Waals surface area (Å²) in [6, 6.07) is 10.1. The van der Waals surface area contributed by atoms with Gasteiger partial charge in [0.2, 0.25) is 0 Å². The van der Waals surface area contributed by atoms with Gasteiger partial charge in [-0.2, -0.15) is 5.10 Å². The number of hydrogen-bond donors (Lipinski definition) is 0. The minimum absolute atomic E-state index is 0.0630. The number of fused-ring (bicyclic) bond motifs is 5. The van der Waals surface area contributed by atoms with Gasteiger partial charge in [-0.1, -0.05) is 0 Å². The number of rotatable bonds is 5. The van der Waals surface area contributed by atoms with Gasteiger partial charge in [-0.25, -0.2) is 13.2 Å². The molecule has 2 aliphatic rings. The van der Waals surface area contributed by atoms with Gasteiger partial charge in [0.15, 0.2) is 0 Å². The summed E-state index contributed by atoms with van der Waals surface area (Å²) in [6.45, 7) is -0.691. The maximum Gasteiger partial charge on any atom is 0.254 e. The number of amides is 1. The fourth-order valence-electron chi connectivity index (χ4n) is 5.88. The summed E-state index contributed by atoms with van der Waals surface area (Å²) in [5, 5.41) is 5.39. The number of carbonyl (C=O) groups is 1. The molecule has 6 rings (SSSR count). The highest BCUT2D eigenvalue weighted by atomic mass is 19.1. The van der Waals surface area contributed by atoms with E-state index in [0.717, 1.165) is 36.6 Å². The summed E-state index contributed by atoms with van der Waals surface area (Å²) in [5.74, 6) is -0.918. The van der Waals surface area contributed by atoms with E-state index in [4.69, 9.17) is 9.84 Å². The Morgan fingerprint density at radius 2 is 1.92 bits per heavy atom. The van der Waals surface area contributed by atoms with Gasteiger partial charge >= 0.3 is 0 Å². The molecule has 190 valence electrons. The minimum atomic E-state index is -0.640. The van der Waals surface area contributed by atoms with Crippen molar-refractivity contribution in [1.29, 1.82) is 0 Å². The number of aryl methyl sites for hydroxylation is 1. The van der Waals surface area contributed by atoms with Crippen LogP contribution >= 0.6 is 0 Å². The van der Waals surface area contributed by atoms with Crippen LogP contribution in [0.5, 0.6) is 5.75 Å². The van der Waals surface area contributed by atoms with Gasteiger partial charge in [-0.05, 0) is 62.1 Å². The van der Waals surface area contributed by atoms with Crippen molar-refractivity contribution in [2.24, 2.45) is 7.05 Å². The lowest BCUT2D eigenvalue weighted by molar-refractivity contribution is 0.0392. The van der Waals surface area contributed by atoms with Gasteiger partial charge in [-0.3, -0.25) is 14.5 Å². The number of aromatic nitrogens is 3. The van der Waals surface area contributed by atoms with Crippen LogP contribution in [0.2, 0.25) is 0 Å². The van der Waals surface area contributed by atoms with Crippen molar-refractivity contribution in [3.8, 4) is 17.0 Å². The molecular weight excluding hydrogens is 481 g/mol. The average molecular weight is 507 g/mol. The minimum Gasteiger partial charge on any atom is -0.490 e. The molecule has 0 saturated carbocycles. The van der Waals surface area contributed by atoms with Crippen molar-refractivity contribution in [3.05, 3.63) is 77.1 Å². The maximum absolute atomic E-state index is 14.0. The zero-order chi connectivity index (χ0) is 25.7. The van der Waals surface area contributed by atoms with Gasteiger partial charge in [0.1, 0.15) is 30.7 Å². The van der Waals surface area contributed by atoms with Crippen molar-refractivity contribution in [1.82, 2.24) is 19.7 Å². The quantitative estimate of drug-likeness (QED) is 0.356. The number of nitrogens with zero attached hydrogens (tertiary/aromatic N) is 4. The second kappa shape index (κ2) is 9.21. The number of hydrogen-bond acceptors (Lipinski definition) is 4. The lowest BCUT2D eigenvalue weighted by atomic mass is 9.81. The predicted octanol–water partition coefficient (Wildman–Crippen LogP) is 5.55. The first-order valence-electron chi connectivity index (χ1n) is 12.4. The Kier molecular flexibility index (Phi) is 5.85. The second-order valence-corrected chi connectivity index (χ2v) is 9.59. The fraction of sp³-hybridized carbons (Fsp3) is 0.321. The van der Waals surface area contributed by atoms with Crippen LogP contribution in [0.15, 0.2) is 48.7 Å². The Morgan fingerprint density at radius 3 is 2.70 bits per heavy atom. The molecule has 0 radical (unpaired) electrons. The number of piperidine rings is 1. The monoisotopic (exact) mass is 506 g/mol. The molecule has 2 aromatic carbocycles. The van der Waals surface area contributed by atoms with Crippen molar-refractivity contribution >= 4 is 16.8 Å². The largest absolute Gasteiger partial charge is 0.490 e. The van der Waals surface area contributed by atoms with Crippen LogP contribution in [0, 0.1) is 11.6 Å². The molecule has 9 heteroatoms. The Balaban J connectivity index is 1.39. The molecule has 6 nitrogen and oxygen atoms in total. The van der Waals surface area contributed by atoms with Gasteiger partial charge in [0, 0.05) is 47.4 Å². The molecular formula is C28H25F3N4O2. The molecule has 4 aromatic rings. The van der Waals surface area contributed by atoms with E-state index in [1.54, 1.807) is 42.2 Å². The highest BCUT2D eigenvalue weighted by Gasteiger charge is 2.43. The summed E-state index contributed by atoms with van der Waals surface area (Å²) < 4.78 is 48.0. The summed E-state index contributed by atoms with van der Waals surface area (Å²) in [5.41, 5.74) is 4.00. The van der Waals surface area contributed by atoms with Crippen LogP contribution in [0.1, 0.15) is 46.9 Å². The lowest BCUT2D eigenvalue weighted by Gasteiger charge is -2.45. The van der Waals surface area contributed by atoms with Crippen LogP contribution < -0.4 is 4.74 Å². The van der Waals surface area contributed by atoms with Gasteiger partial charge in [0.05, 0.1) is 22.9 Å². The zero-order valence-electron chi connectivity index (χ0n) is 20.3. The van der Waals surface area contributed by atoms with Crippen LogP contribution in [-0.2, 0) is 13.5 Å². The van der Waals surface area contributed by atoms with Crippen molar-refractivity contribution in [2.45, 2.75) is 37.8 Å². The summed E-state index contributed by atoms with van der Waals surface area (Å²) >= 11 is 0.